The molecule has 0 radical (unpaired) electrons. The van der Waals surface area contributed by atoms with Crippen molar-refractivity contribution in [3.05, 3.63) is 131 Å². The fourth-order valence-corrected chi connectivity index (χ4v) is 7.07. The van der Waals surface area contributed by atoms with Crippen LogP contribution in [0, 0.1) is 11.8 Å². The lowest BCUT2D eigenvalue weighted by Gasteiger charge is -2.53. The van der Waals surface area contributed by atoms with E-state index in [1.165, 1.54) is 17.5 Å². The third-order valence-corrected chi connectivity index (χ3v) is 8.81. The van der Waals surface area contributed by atoms with Crippen molar-refractivity contribution >= 4 is 0 Å². The van der Waals surface area contributed by atoms with Gasteiger partial charge in [0.25, 0.3) is 0 Å². The fraction of sp³-hybridized carbons (Fsp3) is 0.353. The van der Waals surface area contributed by atoms with Crippen LogP contribution in [0.5, 0.6) is 0 Å². The second-order valence-corrected chi connectivity index (χ2v) is 10.8. The third-order valence-electron chi connectivity index (χ3n) is 8.81. The molecule has 2 aromatic rings. The van der Waals surface area contributed by atoms with Gasteiger partial charge in [0, 0.05) is 11.8 Å². The van der Waals surface area contributed by atoms with Gasteiger partial charge in [0.1, 0.15) is 11.2 Å². The first-order chi connectivity index (χ1) is 17.6. The van der Waals surface area contributed by atoms with Gasteiger partial charge < -0.3 is 10.2 Å². The van der Waals surface area contributed by atoms with Crippen molar-refractivity contribution in [3.8, 4) is 0 Å². The SMILES string of the molecule is OC1(C2=CCCCC/C=C/C=C\2)c2ccccc2C(O)(c2cccc3c2CCCC3)C2C=CC=CC21. The summed E-state index contributed by atoms with van der Waals surface area (Å²) in [7, 11) is 0. The van der Waals surface area contributed by atoms with Gasteiger partial charge in [0.05, 0.1) is 0 Å². The Balaban J connectivity index is 1.60. The third kappa shape index (κ3) is 3.62. The minimum absolute atomic E-state index is 0.281. The average molecular weight is 477 g/mol. The van der Waals surface area contributed by atoms with Gasteiger partial charge in [-0.1, -0.05) is 97.1 Å². The Kier molecular flexibility index (Phi) is 6.19. The Hall–Kier alpha value is -2.94. The number of hydrogen-bond donors (Lipinski definition) is 2. The van der Waals surface area contributed by atoms with E-state index in [0.29, 0.717) is 0 Å². The van der Waals surface area contributed by atoms with Gasteiger partial charge in [0.15, 0.2) is 0 Å². The highest BCUT2D eigenvalue weighted by molar-refractivity contribution is 5.58. The molecule has 0 spiro atoms. The lowest BCUT2D eigenvalue weighted by atomic mass is 9.54. The second kappa shape index (κ2) is 9.50. The highest BCUT2D eigenvalue weighted by Gasteiger charge is 2.58. The Morgan fingerprint density at radius 3 is 2.17 bits per heavy atom. The van der Waals surface area contributed by atoms with Crippen LogP contribution in [0.1, 0.15) is 66.3 Å². The summed E-state index contributed by atoms with van der Waals surface area (Å²) in [5.74, 6) is -0.569. The lowest BCUT2D eigenvalue weighted by molar-refractivity contribution is -0.0725. The molecule has 2 nitrogen and oxygen atoms in total. The molecule has 0 saturated carbocycles. The van der Waals surface area contributed by atoms with Crippen LogP contribution in [-0.4, -0.2) is 10.2 Å². The maximum Gasteiger partial charge on any atom is 0.122 e. The summed E-state index contributed by atoms with van der Waals surface area (Å²) in [6.45, 7) is 0. The highest BCUT2D eigenvalue weighted by atomic mass is 16.3. The van der Waals surface area contributed by atoms with E-state index < -0.39 is 11.2 Å². The monoisotopic (exact) mass is 476 g/mol. The van der Waals surface area contributed by atoms with E-state index in [2.05, 4.69) is 60.7 Å². The van der Waals surface area contributed by atoms with E-state index in [-0.39, 0.29) is 11.8 Å². The van der Waals surface area contributed by atoms with E-state index >= 15 is 0 Å². The number of fused-ring (bicyclic) bond motifs is 3. The van der Waals surface area contributed by atoms with E-state index in [9.17, 15) is 10.2 Å². The van der Waals surface area contributed by atoms with Crippen molar-refractivity contribution in [3.63, 3.8) is 0 Å². The van der Waals surface area contributed by atoms with Crippen LogP contribution < -0.4 is 0 Å². The largest absolute Gasteiger partial charge is 0.380 e. The van der Waals surface area contributed by atoms with Crippen LogP contribution in [0.4, 0.5) is 0 Å². The van der Waals surface area contributed by atoms with Crippen molar-refractivity contribution in [1.29, 1.82) is 0 Å². The first-order valence-corrected chi connectivity index (χ1v) is 13.7. The Morgan fingerprint density at radius 2 is 1.33 bits per heavy atom. The van der Waals surface area contributed by atoms with Gasteiger partial charge in [-0.15, -0.1) is 0 Å². The van der Waals surface area contributed by atoms with Crippen molar-refractivity contribution in [2.75, 3.05) is 0 Å². The summed E-state index contributed by atoms with van der Waals surface area (Å²) in [6, 6.07) is 14.5. The standard InChI is InChI=1S/C34H36O2/c35-33(26-17-6-4-2-1-3-5-7-18-26)29-20-10-12-22-31(29)34(36,32-23-13-11-21-30(32)33)28-24-14-16-25-15-8-9-19-27(25)28/h2,4,6,10-14,16-18,20-24,29,31,35-36H,1,3,5,7-9,15,19H2/b4-2+,17-6-,26-18?. The van der Waals surface area contributed by atoms with Crippen LogP contribution in [0.2, 0.25) is 0 Å². The molecule has 4 aliphatic carbocycles. The molecule has 4 unspecified atom stereocenters. The summed E-state index contributed by atoms with van der Waals surface area (Å²) in [4.78, 5) is 0. The van der Waals surface area contributed by atoms with Crippen molar-refractivity contribution in [2.45, 2.75) is 62.6 Å². The molecule has 4 aliphatic rings. The van der Waals surface area contributed by atoms with E-state index in [0.717, 1.165) is 67.2 Å². The van der Waals surface area contributed by atoms with E-state index in [1.54, 1.807) is 0 Å². The van der Waals surface area contributed by atoms with Crippen molar-refractivity contribution in [2.24, 2.45) is 11.8 Å². The van der Waals surface area contributed by atoms with Crippen molar-refractivity contribution < 1.29 is 10.2 Å². The predicted octanol–water partition coefficient (Wildman–Crippen LogP) is 6.97. The molecule has 0 aromatic heterocycles. The zero-order chi connectivity index (χ0) is 24.6. The minimum atomic E-state index is -1.23. The first-order valence-electron chi connectivity index (χ1n) is 13.7. The maximum atomic E-state index is 12.9. The topological polar surface area (TPSA) is 40.5 Å². The smallest absolute Gasteiger partial charge is 0.122 e. The van der Waals surface area contributed by atoms with Crippen molar-refractivity contribution in [1.82, 2.24) is 0 Å². The zero-order valence-electron chi connectivity index (χ0n) is 20.9. The molecule has 0 heterocycles. The van der Waals surface area contributed by atoms with Crippen LogP contribution in [0.3, 0.4) is 0 Å². The van der Waals surface area contributed by atoms with Gasteiger partial charge in [-0.25, -0.2) is 0 Å². The van der Waals surface area contributed by atoms with Crippen LogP contribution in [0.15, 0.2) is 103 Å². The Labute approximate surface area is 215 Å². The summed E-state index contributed by atoms with van der Waals surface area (Å²) in [6.07, 6.45) is 27.7. The number of aryl methyl sites for hydroxylation is 1. The molecule has 0 bridgehead atoms. The highest BCUT2D eigenvalue weighted by Crippen LogP contribution is 2.58. The normalized spacial score (nSPS) is 33.0. The Bertz CT molecular complexity index is 1290. The van der Waals surface area contributed by atoms with Crippen LogP contribution in [0.25, 0.3) is 0 Å². The molecular formula is C34H36O2. The Morgan fingerprint density at radius 1 is 0.639 bits per heavy atom. The fourth-order valence-electron chi connectivity index (χ4n) is 7.07. The zero-order valence-corrected chi connectivity index (χ0v) is 20.9. The molecule has 0 amide bonds. The molecule has 2 N–H and O–H groups in total. The minimum Gasteiger partial charge on any atom is -0.380 e. The van der Waals surface area contributed by atoms with Gasteiger partial charge in [-0.2, -0.15) is 0 Å². The number of aliphatic hydroxyl groups is 2. The molecule has 2 heteroatoms. The molecular weight excluding hydrogens is 440 g/mol. The van der Waals surface area contributed by atoms with Gasteiger partial charge in [0.2, 0.25) is 0 Å². The van der Waals surface area contributed by atoms with Gasteiger partial charge >= 0.3 is 0 Å². The molecule has 6 rings (SSSR count). The number of hydrogen-bond acceptors (Lipinski definition) is 2. The quantitative estimate of drug-likeness (QED) is 0.491. The molecule has 2 aromatic carbocycles. The molecule has 0 saturated heterocycles. The predicted molar refractivity (Wildman–Crippen MR) is 147 cm³/mol. The lowest BCUT2D eigenvalue weighted by Crippen LogP contribution is -2.54. The summed E-state index contributed by atoms with van der Waals surface area (Å²) >= 11 is 0. The molecule has 36 heavy (non-hydrogen) atoms. The van der Waals surface area contributed by atoms with Gasteiger partial charge in [-0.05, 0) is 84.8 Å². The number of benzene rings is 2. The summed E-state index contributed by atoms with van der Waals surface area (Å²) in [5, 5.41) is 25.7. The van der Waals surface area contributed by atoms with Crippen LogP contribution >= 0.6 is 0 Å². The average Bonchev–Trinajstić information content (AvgIpc) is 2.94. The summed E-state index contributed by atoms with van der Waals surface area (Å²) < 4.78 is 0. The van der Waals surface area contributed by atoms with Crippen LogP contribution in [-0.2, 0) is 24.0 Å². The number of rotatable bonds is 2. The molecule has 0 fully saturated rings. The first kappa shape index (κ1) is 23.5. The van der Waals surface area contributed by atoms with E-state index in [4.69, 9.17) is 0 Å². The molecule has 184 valence electrons. The molecule has 0 aliphatic heterocycles. The van der Waals surface area contributed by atoms with E-state index in [1.807, 2.05) is 36.4 Å². The second-order valence-electron chi connectivity index (χ2n) is 10.8. The molecule has 4 atom stereocenters. The van der Waals surface area contributed by atoms with Gasteiger partial charge in [-0.3, -0.25) is 0 Å². The number of allylic oxidation sites excluding steroid dienone is 6. The maximum absolute atomic E-state index is 12.9. The summed E-state index contributed by atoms with van der Waals surface area (Å²) in [5.41, 5.74) is 3.81.